The van der Waals surface area contributed by atoms with Gasteiger partial charge in [0.15, 0.2) is 11.5 Å². The first kappa shape index (κ1) is 20.2. The van der Waals surface area contributed by atoms with Gasteiger partial charge in [0.2, 0.25) is 5.75 Å². The average molecular weight is 404 g/mol. The van der Waals surface area contributed by atoms with E-state index in [0.717, 1.165) is 23.4 Å². The molecule has 0 aliphatic rings. The summed E-state index contributed by atoms with van der Waals surface area (Å²) in [6.07, 6.45) is 1.82. The quantitative estimate of drug-likeness (QED) is 0.541. The maximum Gasteiger partial charge on any atom is 0.203 e. The summed E-state index contributed by atoms with van der Waals surface area (Å²) in [7, 11) is 4.77. The van der Waals surface area contributed by atoms with Crippen LogP contribution < -0.4 is 14.2 Å². The molecule has 0 aliphatic heterocycles. The molecule has 3 aromatic rings. The lowest BCUT2D eigenvalue weighted by Gasteiger charge is -2.21. The van der Waals surface area contributed by atoms with Crippen molar-refractivity contribution in [3.63, 3.8) is 0 Å². The van der Waals surface area contributed by atoms with Gasteiger partial charge in [0.05, 0.1) is 39.8 Å². The van der Waals surface area contributed by atoms with Crippen molar-refractivity contribution in [3.05, 3.63) is 46.3 Å². The van der Waals surface area contributed by atoms with Gasteiger partial charge in [0.25, 0.3) is 0 Å². The van der Waals surface area contributed by atoms with E-state index < -0.39 is 0 Å². The molecule has 2 heterocycles. The second-order valence-electron chi connectivity index (χ2n) is 6.20. The molecule has 150 valence electrons. The molecule has 3 rings (SSSR count). The number of hydrogen-bond acceptors (Lipinski definition) is 7. The fourth-order valence-corrected chi connectivity index (χ4v) is 3.87. The van der Waals surface area contributed by atoms with Crippen LogP contribution in [0.1, 0.15) is 10.4 Å². The number of nitrogens with zero attached hydrogens (tertiary/aromatic N) is 2. The van der Waals surface area contributed by atoms with E-state index in [1.807, 2.05) is 24.4 Å². The van der Waals surface area contributed by atoms with Crippen LogP contribution in [0, 0.1) is 0 Å². The van der Waals surface area contributed by atoms with Gasteiger partial charge in [-0.15, -0.1) is 11.3 Å². The lowest BCUT2D eigenvalue weighted by atomic mass is 10.1. The Morgan fingerprint density at radius 3 is 2.43 bits per heavy atom. The molecule has 0 bridgehead atoms. The van der Waals surface area contributed by atoms with E-state index in [0.29, 0.717) is 30.3 Å². The van der Waals surface area contributed by atoms with Crippen molar-refractivity contribution in [2.45, 2.75) is 13.1 Å². The summed E-state index contributed by atoms with van der Waals surface area (Å²) in [6, 6.07) is 7.93. The first-order valence-corrected chi connectivity index (χ1v) is 9.76. The minimum Gasteiger partial charge on any atom is -0.493 e. The second kappa shape index (κ2) is 9.59. The molecule has 0 fully saturated rings. The minimum atomic E-state index is 0.0999. The van der Waals surface area contributed by atoms with Gasteiger partial charge < -0.3 is 19.3 Å². The number of H-pyrrole nitrogens is 1. The van der Waals surface area contributed by atoms with E-state index >= 15 is 0 Å². The molecule has 1 aromatic carbocycles. The number of aliphatic hydroxyl groups excluding tert-OH is 1. The number of methoxy groups -OCH3 is 3. The Morgan fingerprint density at radius 2 is 1.86 bits per heavy atom. The summed E-state index contributed by atoms with van der Waals surface area (Å²) in [5, 5.41) is 18.8. The Labute approximate surface area is 168 Å². The summed E-state index contributed by atoms with van der Waals surface area (Å²) in [5.74, 6) is 1.72. The number of benzene rings is 1. The Hall–Kier alpha value is -2.55. The third-order valence-electron chi connectivity index (χ3n) is 4.44. The predicted octanol–water partition coefficient (Wildman–Crippen LogP) is 3.16. The maximum absolute atomic E-state index is 9.47. The van der Waals surface area contributed by atoms with E-state index in [4.69, 9.17) is 14.2 Å². The summed E-state index contributed by atoms with van der Waals surface area (Å²) >= 11 is 1.71. The van der Waals surface area contributed by atoms with Crippen LogP contribution >= 0.6 is 11.3 Å². The van der Waals surface area contributed by atoms with Gasteiger partial charge in [-0.3, -0.25) is 10.00 Å². The second-order valence-corrected chi connectivity index (χ2v) is 7.23. The van der Waals surface area contributed by atoms with E-state index in [-0.39, 0.29) is 6.61 Å². The highest BCUT2D eigenvalue weighted by Crippen LogP contribution is 2.41. The van der Waals surface area contributed by atoms with Crippen molar-refractivity contribution in [2.75, 3.05) is 34.5 Å². The van der Waals surface area contributed by atoms with Gasteiger partial charge in [-0.2, -0.15) is 5.10 Å². The van der Waals surface area contributed by atoms with Crippen molar-refractivity contribution in [1.29, 1.82) is 0 Å². The van der Waals surface area contributed by atoms with Crippen LogP contribution in [0.25, 0.3) is 11.3 Å². The van der Waals surface area contributed by atoms with E-state index in [1.54, 1.807) is 32.7 Å². The Balaban J connectivity index is 1.90. The lowest BCUT2D eigenvalue weighted by molar-refractivity contribution is 0.185. The Morgan fingerprint density at radius 1 is 1.11 bits per heavy atom. The third-order valence-corrected chi connectivity index (χ3v) is 5.30. The van der Waals surface area contributed by atoms with Crippen LogP contribution in [0.4, 0.5) is 0 Å². The first-order chi connectivity index (χ1) is 13.7. The monoisotopic (exact) mass is 403 g/mol. The number of ether oxygens (including phenoxy) is 3. The molecular formula is C20H25N3O4S. The standard InChI is InChI=1S/C20H25N3O4S/c1-25-17-9-14(10-18(26-2)20(17)27-3)19-15(11-21-22-19)12-23(6-7-24)13-16-5-4-8-28-16/h4-5,8-11,24H,6-7,12-13H2,1-3H3,(H,21,22). The molecule has 0 radical (unpaired) electrons. The van der Waals surface area contributed by atoms with Gasteiger partial charge in [-0.05, 0) is 23.6 Å². The topological polar surface area (TPSA) is 79.8 Å². The van der Waals surface area contributed by atoms with Crippen molar-refractivity contribution in [2.24, 2.45) is 0 Å². The zero-order valence-electron chi connectivity index (χ0n) is 16.3. The molecule has 0 saturated carbocycles. The van der Waals surface area contributed by atoms with Crippen molar-refractivity contribution in [1.82, 2.24) is 15.1 Å². The van der Waals surface area contributed by atoms with E-state index in [1.165, 1.54) is 4.88 Å². The molecule has 0 spiro atoms. The van der Waals surface area contributed by atoms with E-state index in [2.05, 4.69) is 26.5 Å². The number of aromatic nitrogens is 2. The van der Waals surface area contributed by atoms with Gasteiger partial charge in [-0.25, -0.2) is 0 Å². The molecular weight excluding hydrogens is 378 g/mol. The number of hydrogen-bond donors (Lipinski definition) is 2. The summed E-state index contributed by atoms with van der Waals surface area (Å²) < 4.78 is 16.3. The molecule has 7 nitrogen and oxygen atoms in total. The average Bonchev–Trinajstić information content (AvgIpc) is 3.39. The summed E-state index contributed by atoms with van der Waals surface area (Å²) in [4.78, 5) is 3.45. The van der Waals surface area contributed by atoms with Crippen LogP contribution in [0.5, 0.6) is 17.2 Å². The predicted molar refractivity (Wildman–Crippen MR) is 109 cm³/mol. The van der Waals surface area contributed by atoms with Gasteiger partial charge in [0.1, 0.15) is 0 Å². The SMILES string of the molecule is COc1cc(-c2[nH]ncc2CN(CCO)Cc2cccs2)cc(OC)c1OC. The molecule has 8 heteroatoms. The summed E-state index contributed by atoms with van der Waals surface area (Å²) in [5.41, 5.74) is 2.80. The largest absolute Gasteiger partial charge is 0.493 e. The Bertz CT molecular complexity index is 854. The number of aliphatic hydroxyl groups is 1. The van der Waals surface area contributed by atoms with E-state index in [9.17, 15) is 5.11 Å². The molecule has 2 aromatic heterocycles. The number of nitrogens with one attached hydrogen (secondary N) is 1. The zero-order chi connectivity index (χ0) is 19.9. The molecule has 0 aliphatic carbocycles. The van der Waals surface area contributed by atoms with Crippen molar-refractivity contribution >= 4 is 11.3 Å². The van der Waals surface area contributed by atoms with Crippen LogP contribution in [0.3, 0.4) is 0 Å². The molecule has 0 saturated heterocycles. The number of thiophene rings is 1. The third kappa shape index (κ3) is 4.46. The van der Waals surface area contributed by atoms with Gasteiger partial charge in [0, 0.05) is 35.6 Å². The van der Waals surface area contributed by atoms with Crippen molar-refractivity contribution < 1.29 is 19.3 Å². The van der Waals surface area contributed by atoms with Crippen LogP contribution in [-0.4, -0.2) is 54.7 Å². The minimum absolute atomic E-state index is 0.0999. The van der Waals surface area contributed by atoms with Crippen LogP contribution in [-0.2, 0) is 13.1 Å². The van der Waals surface area contributed by atoms with Gasteiger partial charge >= 0.3 is 0 Å². The maximum atomic E-state index is 9.47. The molecule has 0 atom stereocenters. The van der Waals surface area contributed by atoms with Gasteiger partial charge in [-0.1, -0.05) is 6.07 Å². The smallest absolute Gasteiger partial charge is 0.203 e. The highest BCUT2D eigenvalue weighted by Gasteiger charge is 2.18. The van der Waals surface area contributed by atoms with Crippen molar-refractivity contribution in [3.8, 4) is 28.5 Å². The van der Waals surface area contributed by atoms with Crippen LogP contribution in [0.2, 0.25) is 0 Å². The normalized spacial score (nSPS) is 11.0. The molecule has 0 amide bonds. The number of rotatable bonds is 10. The lowest BCUT2D eigenvalue weighted by Crippen LogP contribution is -2.25. The highest BCUT2D eigenvalue weighted by molar-refractivity contribution is 7.09. The highest BCUT2D eigenvalue weighted by atomic mass is 32.1. The fourth-order valence-electron chi connectivity index (χ4n) is 3.13. The molecule has 28 heavy (non-hydrogen) atoms. The Kier molecular flexibility index (Phi) is 6.91. The number of aromatic amines is 1. The first-order valence-electron chi connectivity index (χ1n) is 8.88. The molecule has 0 unspecified atom stereocenters. The summed E-state index contributed by atoms with van der Waals surface area (Å²) in [6.45, 7) is 2.11. The fraction of sp³-hybridized carbons (Fsp3) is 0.350. The molecule has 2 N–H and O–H groups in total. The zero-order valence-corrected chi connectivity index (χ0v) is 17.1. The van der Waals surface area contributed by atoms with Crippen LogP contribution in [0.15, 0.2) is 35.8 Å².